The van der Waals surface area contributed by atoms with E-state index in [2.05, 4.69) is 10.3 Å². The molecule has 0 unspecified atom stereocenters. The first-order valence-electron chi connectivity index (χ1n) is 8.47. The zero-order chi connectivity index (χ0) is 19.8. The highest BCUT2D eigenvalue weighted by Crippen LogP contribution is 2.19. The van der Waals surface area contributed by atoms with Crippen LogP contribution in [0.1, 0.15) is 5.76 Å². The van der Waals surface area contributed by atoms with Crippen LogP contribution >= 0.6 is 0 Å². The van der Waals surface area contributed by atoms with Gasteiger partial charge in [0.25, 0.3) is 5.56 Å². The van der Waals surface area contributed by atoms with Crippen molar-refractivity contribution in [2.24, 2.45) is 14.1 Å². The molecule has 0 aliphatic heterocycles. The van der Waals surface area contributed by atoms with Crippen molar-refractivity contribution in [1.82, 2.24) is 14.1 Å². The van der Waals surface area contributed by atoms with Crippen LogP contribution in [-0.2, 0) is 18.9 Å². The maximum Gasteiger partial charge on any atom is 0.332 e. The summed E-state index contributed by atoms with van der Waals surface area (Å²) in [5, 5.41) is 3.84. The van der Waals surface area contributed by atoms with Gasteiger partial charge in [-0.15, -0.1) is 0 Å². The summed E-state index contributed by atoms with van der Waals surface area (Å²) < 4.78 is 7.90. The normalized spacial score (nSPS) is 11.5. The zero-order valence-electron chi connectivity index (χ0n) is 15.2. The van der Waals surface area contributed by atoms with Crippen LogP contribution in [-0.4, -0.2) is 20.0 Å². The molecule has 0 aliphatic rings. The molecule has 3 aromatic heterocycles. The van der Waals surface area contributed by atoms with Gasteiger partial charge in [0.05, 0.1) is 17.3 Å². The Hall–Kier alpha value is -3.94. The van der Waals surface area contributed by atoms with Crippen molar-refractivity contribution in [2.45, 2.75) is 0 Å². The number of nitrogens with one attached hydrogen (secondary N) is 1. The summed E-state index contributed by atoms with van der Waals surface area (Å²) in [6.07, 6.45) is 4.29. The first-order chi connectivity index (χ1) is 13.4. The van der Waals surface area contributed by atoms with Gasteiger partial charge in [0, 0.05) is 25.6 Å². The summed E-state index contributed by atoms with van der Waals surface area (Å²) in [6, 6.07) is 10.9. The van der Waals surface area contributed by atoms with Gasteiger partial charge in [0.2, 0.25) is 5.91 Å². The van der Waals surface area contributed by atoms with E-state index >= 15 is 0 Å². The highest BCUT2D eigenvalue weighted by atomic mass is 16.3. The van der Waals surface area contributed by atoms with Crippen LogP contribution in [0, 0.1) is 0 Å². The minimum absolute atomic E-state index is 0.240. The number of amides is 1. The molecule has 0 fully saturated rings. The maximum absolute atomic E-state index is 12.3. The van der Waals surface area contributed by atoms with Crippen LogP contribution in [0.25, 0.3) is 28.1 Å². The van der Waals surface area contributed by atoms with Crippen molar-refractivity contribution in [1.29, 1.82) is 0 Å². The van der Waals surface area contributed by atoms with E-state index in [1.807, 2.05) is 30.3 Å². The molecule has 8 heteroatoms. The van der Waals surface area contributed by atoms with E-state index in [1.165, 1.54) is 37.0 Å². The van der Waals surface area contributed by atoms with Crippen molar-refractivity contribution in [2.75, 3.05) is 5.32 Å². The Morgan fingerprint density at radius 3 is 2.71 bits per heavy atom. The maximum atomic E-state index is 12.3. The van der Waals surface area contributed by atoms with Crippen molar-refractivity contribution >= 4 is 39.7 Å². The molecule has 1 aromatic carbocycles. The van der Waals surface area contributed by atoms with Crippen molar-refractivity contribution in [3.8, 4) is 0 Å². The second-order valence-electron chi connectivity index (χ2n) is 6.31. The van der Waals surface area contributed by atoms with Gasteiger partial charge in [-0.25, -0.2) is 9.78 Å². The SMILES string of the molecule is Cn1c(=O)c2cc(NC(=O)/C=C/c3cc4ccccc4o3)cnc2n(C)c1=O. The molecule has 4 rings (SSSR count). The van der Waals surface area contributed by atoms with Gasteiger partial charge in [-0.1, -0.05) is 18.2 Å². The number of nitrogens with zero attached hydrogens (tertiary/aromatic N) is 3. The molecular formula is C20H16N4O4. The fourth-order valence-corrected chi connectivity index (χ4v) is 2.96. The minimum atomic E-state index is -0.473. The molecule has 8 nitrogen and oxygen atoms in total. The van der Waals surface area contributed by atoms with Gasteiger partial charge in [-0.3, -0.25) is 18.7 Å². The van der Waals surface area contributed by atoms with Crippen molar-refractivity contribution in [3.63, 3.8) is 0 Å². The molecule has 0 bridgehead atoms. The third-order valence-corrected chi connectivity index (χ3v) is 4.40. The van der Waals surface area contributed by atoms with E-state index in [0.29, 0.717) is 11.4 Å². The lowest BCUT2D eigenvalue weighted by Gasteiger charge is -2.08. The smallest absolute Gasteiger partial charge is 0.332 e. The number of aryl methyl sites for hydroxylation is 1. The highest BCUT2D eigenvalue weighted by molar-refractivity contribution is 6.02. The first kappa shape index (κ1) is 17.5. The molecule has 28 heavy (non-hydrogen) atoms. The number of aromatic nitrogens is 3. The lowest BCUT2D eigenvalue weighted by Crippen LogP contribution is -2.37. The number of carbonyl (C=O) groups is 1. The molecule has 0 spiro atoms. The third-order valence-electron chi connectivity index (χ3n) is 4.40. The number of benzene rings is 1. The van der Waals surface area contributed by atoms with Gasteiger partial charge in [-0.05, 0) is 24.3 Å². The second kappa shape index (κ2) is 6.66. The van der Waals surface area contributed by atoms with Gasteiger partial charge in [0.1, 0.15) is 17.0 Å². The van der Waals surface area contributed by atoms with Crippen LogP contribution in [0.4, 0.5) is 5.69 Å². The summed E-state index contributed by atoms with van der Waals surface area (Å²) in [5.74, 6) is 0.153. The number of carbonyl (C=O) groups excluding carboxylic acids is 1. The Bertz CT molecular complexity index is 1340. The standard InChI is InChI=1S/C20H16N4O4/c1-23-18-15(19(26)24(2)20(23)27)10-13(11-21-18)22-17(25)8-7-14-9-12-5-3-4-6-16(12)28-14/h3-11H,1-2H3,(H,22,25)/b8-7+. The Morgan fingerprint density at radius 2 is 1.93 bits per heavy atom. The molecule has 0 atom stereocenters. The number of pyridine rings is 1. The number of furan rings is 1. The van der Waals surface area contributed by atoms with E-state index in [9.17, 15) is 14.4 Å². The number of fused-ring (bicyclic) bond motifs is 2. The fraction of sp³-hybridized carbons (Fsp3) is 0.100. The van der Waals surface area contributed by atoms with Crippen LogP contribution in [0.3, 0.4) is 0 Å². The average molecular weight is 376 g/mol. The van der Waals surface area contributed by atoms with Gasteiger partial charge < -0.3 is 9.73 Å². The number of hydrogen-bond donors (Lipinski definition) is 1. The molecule has 0 saturated heterocycles. The van der Waals surface area contributed by atoms with Crippen LogP contribution < -0.4 is 16.6 Å². The van der Waals surface area contributed by atoms with Gasteiger partial charge in [0.15, 0.2) is 0 Å². The van der Waals surface area contributed by atoms with Crippen LogP contribution in [0.15, 0.2) is 62.7 Å². The molecule has 1 N–H and O–H groups in total. The van der Waals surface area contributed by atoms with Crippen LogP contribution in [0.5, 0.6) is 0 Å². The number of hydrogen-bond acceptors (Lipinski definition) is 5. The molecule has 0 radical (unpaired) electrons. The largest absolute Gasteiger partial charge is 0.457 e. The van der Waals surface area contributed by atoms with E-state index in [4.69, 9.17) is 4.42 Å². The lowest BCUT2D eigenvalue weighted by molar-refractivity contribution is -0.111. The first-order valence-corrected chi connectivity index (χ1v) is 8.47. The predicted molar refractivity (Wildman–Crippen MR) is 106 cm³/mol. The Labute approximate surface area is 158 Å². The molecule has 4 aromatic rings. The monoisotopic (exact) mass is 376 g/mol. The van der Waals surface area contributed by atoms with Crippen LogP contribution in [0.2, 0.25) is 0 Å². The minimum Gasteiger partial charge on any atom is -0.457 e. The summed E-state index contributed by atoms with van der Waals surface area (Å²) in [4.78, 5) is 40.6. The third kappa shape index (κ3) is 3.01. The Morgan fingerprint density at radius 1 is 1.14 bits per heavy atom. The predicted octanol–water partition coefficient (Wildman–Crippen LogP) is 2.03. The molecule has 0 saturated carbocycles. The van der Waals surface area contributed by atoms with E-state index < -0.39 is 17.2 Å². The number of anilines is 1. The Balaban J connectivity index is 1.59. The molecular weight excluding hydrogens is 360 g/mol. The lowest BCUT2D eigenvalue weighted by atomic mass is 10.2. The molecule has 3 heterocycles. The number of rotatable bonds is 3. The zero-order valence-corrected chi connectivity index (χ0v) is 15.2. The summed E-state index contributed by atoms with van der Waals surface area (Å²) >= 11 is 0. The Kier molecular flexibility index (Phi) is 4.15. The summed E-state index contributed by atoms with van der Waals surface area (Å²) in [5.41, 5.74) is 0.407. The van der Waals surface area contributed by atoms with E-state index in [1.54, 1.807) is 6.08 Å². The fourth-order valence-electron chi connectivity index (χ4n) is 2.96. The van der Waals surface area contributed by atoms with Crippen molar-refractivity contribution < 1.29 is 9.21 Å². The van der Waals surface area contributed by atoms with Crippen molar-refractivity contribution in [3.05, 3.63) is 75.3 Å². The summed E-state index contributed by atoms with van der Waals surface area (Å²) in [7, 11) is 2.93. The second-order valence-corrected chi connectivity index (χ2v) is 6.31. The molecule has 0 aliphatic carbocycles. The van der Waals surface area contributed by atoms with Gasteiger partial charge in [-0.2, -0.15) is 0 Å². The highest BCUT2D eigenvalue weighted by Gasteiger charge is 2.11. The average Bonchev–Trinajstić information content (AvgIpc) is 3.12. The van der Waals surface area contributed by atoms with E-state index in [-0.39, 0.29) is 11.0 Å². The number of para-hydroxylation sites is 1. The molecule has 140 valence electrons. The molecule has 1 amide bonds. The quantitative estimate of drug-likeness (QED) is 0.552. The van der Waals surface area contributed by atoms with E-state index in [0.717, 1.165) is 15.5 Å². The topological polar surface area (TPSA) is 99.1 Å². The summed E-state index contributed by atoms with van der Waals surface area (Å²) in [6.45, 7) is 0. The van der Waals surface area contributed by atoms with Gasteiger partial charge >= 0.3 is 5.69 Å².